The summed E-state index contributed by atoms with van der Waals surface area (Å²) in [4.78, 5) is 45.5. The highest BCUT2D eigenvalue weighted by molar-refractivity contribution is 6.04. The lowest BCUT2D eigenvalue weighted by Crippen LogP contribution is -2.32. The number of fused-ring (bicyclic) bond motifs is 1. The van der Waals surface area contributed by atoms with Crippen LogP contribution in [0.5, 0.6) is 0 Å². The van der Waals surface area contributed by atoms with Gasteiger partial charge in [-0.1, -0.05) is 42.5 Å². The lowest BCUT2D eigenvalue weighted by molar-refractivity contribution is -0.128. The lowest BCUT2D eigenvalue weighted by Gasteiger charge is -2.13. The number of aromatic nitrogens is 2. The van der Waals surface area contributed by atoms with Crippen molar-refractivity contribution in [1.82, 2.24) is 25.5 Å². The van der Waals surface area contributed by atoms with Gasteiger partial charge in [0, 0.05) is 6.42 Å². The van der Waals surface area contributed by atoms with E-state index < -0.39 is 12.1 Å². The van der Waals surface area contributed by atoms with E-state index in [4.69, 9.17) is 0 Å². The number of benzene rings is 2. The molecule has 29 heavy (non-hydrogen) atoms. The monoisotopic (exact) mass is 391 g/mol. The highest BCUT2D eigenvalue weighted by Gasteiger charge is 2.37. The maximum atomic E-state index is 12.5. The van der Waals surface area contributed by atoms with Gasteiger partial charge < -0.3 is 15.6 Å². The van der Waals surface area contributed by atoms with E-state index in [1.54, 1.807) is 0 Å². The van der Waals surface area contributed by atoms with Crippen molar-refractivity contribution in [2.75, 3.05) is 0 Å². The van der Waals surface area contributed by atoms with Gasteiger partial charge in [-0.15, -0.1) is 0 Å². The zero-order valence-electron chi connectivity index (χ0n) is 15.7. The number of amides is 4. The quantitative estimate of drug-likeness (QED) is 0.536. The predicted molar refractivity (Wildman–Crippen MR) is 106 cm³/mol. The lowest BCUT2D eigenvalue weighted by atomic mass is 10.1. The Bertz CT molecular complexity index is 1010. The van der Waals surface area contributed by atoms with E-state index in [1.165, 1.54) is 4.90 Å². The third kappa shape index (κ3) is 4.26. The molecule has 8 heteroatoms. The summed E-state index contributed by atoms with van der Waals surface area (Å²) in [6.07, 6.45) is 0.387. The summed E-state index contributed by atoms with van der Waals surface area (Å²) >= 11 is 0. The standard InChI is InChI=1S/C21H21N5O3/c27-19(22-12-18-23-15-8-4-5-9-16(15)24-18)11-10-17-20(28)26(21(29)25-17)13-14-6-2-1-3-7-14/h1-9,17H,10-13H2,(H,22,27)(H,23,24)(H,25,29). The van der Waals surface area contributed by atoms with Crippen LogP contribution in [-0.4, -0.2) is 38.8 Å². The number of urea groups is 1. The molecule has 1 unspecified atom stereocenters. The van der Waals surface area contributed by atoms with Crippen LogP contribution < -0.4 is 10.6 Å². The Morgan fingerprint density at radius 1 is 1.07 bits per heavy atom. The van der Waals surface area contributed by atoms with Crippen molar-refractivity contribution in [2.24, 2.45) is 0 Å². The number of carbonyl (C=O) groups excluding carboxylic acids is 3. The number of nitrogens with zero attached hydrogens (tertiary/aromatic N) is 2. The van der Waals surface area contributed by atoms with Crippen LogP contribution in [0, 0.1) is 0 Å². The summed E-state index contributed by atoms with van der Waals surface area (Å²) in [7, 11) is 0. The van der Waals surface area contributed by atoms with Gasteiger partial charge in [-0.3, -0.25) is 14.5 Å². The van der Waals surface area contributed by atoms with E-state index in [0.717, 1.165) is 16.6 Å². The fourth-order valence-electron chi connectivity index (χ4n) is 3.32. The number of rotatable bonds is 7. The first-order valence-corrected chi connectivity index (χ1v) is 9.46. The number of hydrogen-bond donors (Lipinski definition) is 3. The van der Waals surface area contributed by atoms with E-state index in [-0.39, 0.29) is 37.7 Å². The Morgan fingerprint density at radius 2 is 1.83 bits per heavy atom. The van der Waals surface area contributed by atoms with Crippen LogP contribution in [0.2, 0.25) is 0 Å². The Hall–Kier alpha value is -3.68. The topological polar surface area (TPSA) is 107 Å². The Kier molecular flexibility index (Phi) is 5.24. The van der Waals surface area contributed by atoms with E-state index >= 15 is 0 Å². The number of H-pyrrole nitrogens is 1. The zero-order chi connectivity index (χ0) is 20.2. The fourth-order valence-corrected chi connectivity index (χ4v) is 3.32. The Labute approximate surface area is 167 Å². The first-order valence-electron chi connectivity index (χ1n) is 9.46. The van der Waals surface area contributed by atoms with Crippen LogP contribution in [0.1, 0.15) is 24.2 Å². The van der Waals surface area contributed by atoms with E-state index in [1.807, 2.05) is 54.6 Å². The van der Waals surface area contributed by atoms with Gasteiger partial charge in [0.15, 0.2) is 0 Å². The molecule has 2 heterocycles. The largest absolute Gasteiger partial charge is 0.349 e. The first-order chi connectivity index (χ1) is 14.1. The molecule has 3 aromatic rings. The van der Waals surface area contributed by atoms with Gasteiger partial charge in [-0.25, -0.2) is 9.78 Å². The average Bonchev–Trinajstić information content (AvgIpc) is 3.27. The normalized spacial score (nSPS) is 16.3. The number of nitrogens with one attached hydrogen (secondary N) is 3. The molecule has 1 fully saturated rings. The van der Waals surface area contributed by atoms with Gasteiger partial charge in [0.1, 0.15) is 11.9 Å². The molecular weight excluding hydrogens is 370 g/mol. The van der Waals surface area contributed by atoms with E-state index in [2.05, 4.69) is 20.6 Å². The van der Waals surface area contributed by atoms with Crippen molar-refractivity contribution >= 4 is 28.9 Å². The second kappa shape index (κ2) is 8.14. The minimum absolute atomic E-state index is 0.135. The van der Waals surface area contributed by atoms with Gasteiger partial charge in [-0.05, 0) is 24.1 Å². The molecule has 0 radical (unpaired) electrons. The van der Waals surface area contributed by atoms with Gasteiger partial charge in [-0.2, -0.15) is 0 Å². The molecule has 3 N–H and O–H groups in total. The van der Waals surface area contributed by atoms with Crippen molar-refractivity contribution in [3.05, 3.63) is 66.0 Å². The molecule has 1 aromatic heterocycles. The third-order valence-corrected chi connectivity index (χ3v) is 4.84. The molecule has 1 atom stereocenters. The Balaban J connectivity index is 1.26. The molecule has 148 valence electrons. The molecular formula is C21H21N5O3. The summed E-state index contributed by atoms with van der Waals surface area (Å²) < 4.78 is 0. The summed E-state index contributed by atoms with van der Waals surface area (Å²) in [6, 6.07) is 15.8. The molecule has 0 aliphatic carbocycles. The van der Waals surface area contributed by atoms with Gasteiger partial charge in [0.2, 0.25) is 5.91 Å². The van der Waals surface area contributed by atoms with E-state index in [0.29, 0.717) is 5.82 Å². The molecule has 1 aliphatic heterocycles. The Morgan fingerprint density at radius 3 is 2.62 bits per heavy atom. The number of hydrogen-bond acceptors (Lipinski definition) is 4. The van der Waals surface area contributed by atoms with Crippen molar-refractivity contribution in [3.8, 4) is 0 Å². The molecule has 2 aromatic carbocycles. The van der Waals surface area contributed by atoms with Crippen molar-refractivity contribution in [1.29, 1.82) is 0 Å². The SMILES string of the molecule is O=C(CCC1NC(=O)N(Cc2ccccc2)C1=O)NCc1nc2ccccc2[nH]1. The molecule has 8 nitrogen and oxygen atoms in total. The second-order valence-corrected chi connectivity index (χ2v) is 6.93. The number of aromatic amines is 1. The third-order valence-electron chi connectivity index (χ3n) is 4.84. The number of para-hydroxylation sites is 2. The van der Waals surface area contributed by atoms with Crippen LogP contribution in [0.15, 0.2) is 54.6 Å². The number of imidazole rings is 1. The average molecular weight is 391 g/mol. The molecule has 4 rings (SSSR count). The molecule has 0 spiro atoms. The van der Waals surface area contributed by atoms with Gasteiger partial charge >= 0.3 is 6.03 Å². The van der Waals surface area contributed by atoms with Gasteiger partial charge in [0.25, 0.3) is 5.91 Å². The summed E-state index contributed by atoms with van der Waals surface area (Å²) in [6.45, 7) is 0.499. The van der Waals surface area contributed by atoms with Crippen LogP contribution >= 0.6 is 0 Å². The minimum Gasteiger partial charge on any atom is -0.349 e. The summed E-state index contributed by atoms with van der Waals surface area (Å²) in [5, 5.41) is 5.45. The fraction of sp³-hybridized carbons (Fsp3) is 0.238. The zero-order valence-corrected chi connectivity index (χ0v) is 15.7. The van der Waals surface area contributed by atoms with Crippen molar-refractivity contribution in [3.63, 3.8) is 0 Å². The van der Waals surface area contributed by atoms with Crippen LogP contribution in [0.25, 0.3) is 11.0 Å². The maximum Gasteiger partial charge on any atom is 0.325 e. The summed E-state index contributed by atoms with van der Waals surface area (Å²) in [5.41, 5.74) is 2.63. The van der Waals surface area contributed by atoms with E-state index in [9.17, 15) is 14.4 Å². The maximum absolute atomic E-state index is 12.5. The van der Waals surface area contributed by atoms with Gasteiger partial charge in [0.05, 0.1) is 24.1 Å². The molecule has 4 amide bonds. The second-order valence-electron chi connectivity index (χ2n) is 6.93. The van der Waals surface area contributed by atoms with Crippen LogP contribution in [0.3, 0.4) is 0 Å². The van der Waals surface area contributed by atoms with Crippen molar-refractivity contribution in [2.45, 2.75) is 32.0 Å². The number of imide groups is 1. The predicted octanol–water partition coefficient (Wildman–Crippen LogP) is 2.08. The number of carbonyl (C=O) groups is 3. The van der Waals surface area contributed by atoms with Crippen LogP contribution in [-0.2, 0) is 22.7 Å². The highest BCUT2D eigenvalue weighted by atomic mass is 16.2. The van der Waals surface area contributed by atoms with Crippen molar-refractivity contribution < 1.29 is 14.4 Å². The molecule has 1 saturated heterocycles. The van der Waals surface area contributed by atoms with Crippen LogP contribution in [0.4, 0.5) is 4.79 Å². The molecule has 1 aliphatic rings. The smallest absolute Gasteiger partial charge is 0.325 e. The summed E-state index contributed by atoms with van der Waals surface area (Å²) in [5.74, 6) is 0.164. The highest BCUT2D eigenvalue weighted by Crippen LogP contribution is 2.15. The first kappa shape index (κ1) is 18.7. The molecule has 0 saturated carbocycles. The molecule has 0 bridgehead atoms. The minimum atomic E-state index is -0.678.